The molecule has 0 fully saturated rings. The molecule has 0 N–H and O–H groups in total. The van der Waals surface area contributed by atoms with E-state index in [0.29, 0.717) is 11.1 Å². The van der Waals surface area contributed by atoms with Gasteiger partial charge < -0.3 is 14.4 Å². The first kappa shape index (κ1) is 26.9. The highest BCUT2D eigenvalue weighted by Crippen LogP contribution is 2.38. The van der Waals surface area contributed by atoms with Crippen molar-refractivity contribution in [2.45, 2.75) is 52.7 Å². The highest BCUT2D eigenvalue weighted by Gasteiger charge is 2.37. The molecule has 5 nitrogen and oxygen atoms in total. The Bertz CT molecular complexity index is 1550. The minimum absolute atomic E-state index is 0.266. The van der Waals surface area contributed by atoms with Crippen molar-refractivity contribution in [1.82, 2.24) is 0 Å². The molecule has 0 atom stereocenters. The van der Waals surface area contributed by atoms with Crippen LogP contribution in [0.25, 0.3) is 0 Å². The Hall–Kier alpha value is -4.68. The summed E-state index contributed by atoms with van der Waals surface area (Å²) in [6.07, 6.45) is 0. The highest BCUT2D eigenvalue weighted by molar-refractivity contribution is 6.98. The third kappa shape index (κ3) is 5.53. The van der Waals surface area contributed by atoms with Crippen molar-refractivity contribution in [2.24, 2.45) is 0 Å². The van der Waals surface area contributed by atoms with Crippen LogP contribution in [-0.4, -0.2) is 17.9 Å². The second-order valence-electron chi connectivity index (χ2n) is 12.0. The molecule has 6 heteroatoms. The lowest BCUT2D eigenvalue weighted by atomic mass is 9.35. The number of anilines is 3. The molecular weight excluding hydrogens is 493 g/mol. The van der Waals surface area contributed by atoms with Gasteiger partial charge in [0, 0.05) is 17.1 Å². The molecule has 4 aromatic rings. The van der Waals surface area contributed by atoms with Crippen LogP contribution in [0.5, 0.6) is 11.5 Å². The molecule has 0 amide bonds. The van der Waals surface area contributed by atoms with Gasteiger partial charge in [-0.25, -0.2) is 0 Å². The van der Waals surface area contributed by atoms with Gasteiger partial charge in [0.1, 0.15) is 22.7 Å². The maximum atomic E-state index is 9.80. The molecule has 0 saturated heterocycles. The first-order chi connectivity index (χ1) is 19.0. The van der Waals surface area contributed by atoms with E-state index in [0.717, 1.165) is 44.9 Å². The molecule has 0 saturated carbocycles. The van der Waals surface area contributed by atoms with Crippen molar-refractivity contribution in [3.8, 4) is 23.6 Å². The molecule has 1 aliphatic rings. The van der Waals surface area contributed by atoms with Crippen LogP contribution in [0, 0.1) is 22.7 Å². The van der Waals surface area contributed by atoms with Crippen molar-refractivity contribution in [2.75, 3.05) is 4.90 Å². The van der Waals surface area contributed by atoms with Gasteiger partial charge in [-0.1, -0.05) is 23.7 Å². The van der Waals surface area contributed by atoms with Crippen LogP contribution in [0.1, 0.15) is 52.7 Å². The largest absolute Gasteiger partial charge is 0.488 e. The van der Waals surface area contributed by atoms with E-state index < -0.39 is 0 Å². The second-order valence-corrected chi connectivity index (χ2v) is 12.0. The maximum Gasteiger partial charge on any atom is 0.247 e. The fraction of sp³-hybridized carbons (Fsp3) is 0.235. The predicted molar refractivity (Wildman–Crippen MR) is 162 cm³/mol. The van der Waals surface area contributed by atoms with Crippen LogP contribution in [0.3, 0.4) is 0 Å². The topological polar surface area (TPSA) is 69.3 Å². The fourth-order valence-electron chi connectivity index (χ4n) is 5.23. The molecule has 0 spiro atoms. The number of nitrogens with zero attached hydrogens (tertiary/aromatic N) is 3. The Kier molecular flexibility index (Phi) is 6.82. The predicted octanol–water partition coefficient (Wildman–Crippen LogP) is 6.08. The number of fused-ring (bicyclic) bond motifs is 2. The summed E-state index contributed by atoms with van der Waals surface area (Å²) in [7, 11) is 0. The Labute approximate surface area is 237 Å². The van der Waals surface area contributed by atoms with E-state index in [1.54, 1.807) is 6.07 Å². The number of hydrogen-bond acceptors (Lipinski definition) is 5. The number of rotatable bonds is 4. The molecule has 5 rings (SSSR count). The standard InChI is InChI=1S/C34H32BN3O2/c1-33(2,3)39-27-12-14-31-29(19-27)35(25-17-23(21-36)16-24(18-25)22-37)30-20-28(40-34(4,5)6)13-15-32(30)38(31)26-10-8-7-9-11-26/h7-20H,1-6H3. The van der Waals surface area contributed by atoms with Gasteiger partial charge in [-0.15, -0.1) is 0 Å². The Morgan fingerprint density at radius 3 is 1.52 bits per heavy atom. The van der Waals surface area contributed by atoms with Crippen LogP contribution in [0.4, 0.5) is 17.1 Å². The van der Waals surface area contributed by atoms with Crippen molar-refractivity contribution >= 4 is 40.2 Å². The first-order valence-electron chi connectivity index (χ1n) is 13.4. The van der Waals surface area contributed by atoms with Crippen LogP contribution < -0.4 is 30.8 Å². The quantitative estimate of drug-likeness (QED) is 0.266. The Morgan fingerprint density at radius 1 is 0.625 bits per heavy atom. The number of hydrogen-bond donors (Lipinski definition) is 0. The second kappa shape index (κ2) is 10.1. The summed E-state index contributed by atoms with van der Waals surface area (Å²) in [4.78, 5) is 2.25. The molecule has 0 radical (unpaired) electrons. The maximum absolute atomic E-state index is 9.80. The summed E-state index contributed by atoms with van der Waals surface area (Å²) < 4.78 is 12.6. The molecule has 40 heavy (non-hydrogen) atoms. The monoisotopic (exact) mass is 525 g/mol. The van der Waals surface area contributed by atoms with E-state index in [1.807, 2.05) is 84.0 Å². The number of benzene rings is 4. The van der Waals surface area contributed by atoms with Gasteiger partial charge in [0.05, 0.1) is 23.3 Å². The van der Waals surface area contributed by atoms with Crippen molar-refractivity contribution in [1.29, 1.82) is 10.5 Å². The molecule has 198 valence electrons. The van der Waals surface area contributed by atoms with Gasteiger partial charge in [-0.3, -0.25) is 0 Å². The summed E-state index contributed by atoms with van der Waals surface area (Å²) in [6.45, 7) is 11.9. The molecule has 0 aliphatic carbocycles. The zero-order chi connectivity index (χ0) is 28.7. The van der Waals surface area contributed by atoms with Crippen molar-refractivity contribution in [3.05, 3.63) is 96.1 Å². The first-order valence-corrected chi connectivity index (χ1v) is 13.4. The molecule has 1 heterocycles. The molecule has 1 aliphatic heterocycles. The van der Waals surface area contributed by atoms with E-state index in [9.17, 15) is 10.5 Å². The van der Waals surface area contributed by atoms with E-state index in [2.05, 4.69) is 53.4 Å². The van der Waals surface area contributed by atoms with Gasteiger partial charge >= 0.3 is 0 Å². The lowest BCUT2D eigenvalue weighted by Crippen LogP contribution is -2.57. The summed E-state index contributed by atoms with van der Waals surface area (Å²) in [5.41, 5.74) is 6.10. The van der Waals surface area contributed by atoms with Gasteiger partial charge in [-0.05, 0) is 119 Å². The third-order valence-corrected chi connectivity index (χ3v) is 6.51. The average Bonchev–Trinajstić information content (AvgIpc) is 2.90. The lowest BCUT2D eigenvalue weighted by Gasteiger charge is -2.38. The Balaban J connectivity index is 1.83. The molecule has 0 bridgehead atoms. The minimum atomic E-state index is -0.377. The van der Waals surface area contributed by atoms with E-state index >= 15 is 0 Å². The smallest absolute Gasteiger partial charge is 0.247 e. The summed E-state index contributed by atoms with van der Waals surface area (Å²) in [5, 5.41) is 19.6. The molecule has 4 aromatic carbocycles. The molecular formula is C34H32BN3O2. The molecule has 0 aromatic heterocycles. The number of para-hydroxylation sites is 1. The Morgan fingerprint density at radius 2 is 1.10 bits per heavy atom. The van der Waals surface area contributed by atoms with Gasteiger partial charge in [0.25, 0.3) is 0 Å². The average molecular weight is 525 g/mol. The van der Waals surface area contributed by atoms with Gasteiger partial charge in [-0.2, -0.15) is 10.5 Å². The van der Waals surface area contributed by atoms with Crippen molar-refractivity contribution in [3.63, 3.8) is 0 Å². The van der Waals surface area contributed by atoms with Crippen LogP contribution >= 0.6 is 0 Å². The molecule has 0 unspecified atom stereocenters. The van der Waals surface area contributed by atoms with E-state index in [4.69, 9.17) is 9.47 Å². The van der Waals surface area contributed by atoms with Gasteiger partial charge in [0.15, 0.2) is 0 Å². The zero-order valence-corrected chi connectivity index (χ0v) is 23.8. The minimum Gasteiger partial charge on any atom is -0.488 e. The summed E-state index contributed by atoms with van der Waals surface area (Å²) >= 11 is 0. The fourth-order valence-corrected chi connectivity index (χ4v) is 5.23. The SMILES string of the molecule is CC(C)(C)Oc1ccc2c(c1)B(c1cc(C#N)cc(C#N)c1)c1cc(OC(C)(C)C)ccc1N2c1ccccc1. The zero-order valence-electron chi connectivity index (χ0n) is 23.8. The summed E-state index contributed by atoms with van der Waals surface area (Å²) in [5.74, 6) is 1.51. The van der Waals surface area contributed by atoms with Crippen LogP contribution in [0.15, 0.2) is 84.9 Å². The van der Waals surface area contributed by atoms with E-state index in [1.165, 1.54) is 0 Å². The van der Waals surface area contributed by atoms with Crippen LogP contribution in [0.2, 0.25) is 0 Å². The third-order valence-electron chi connectivity index (χ3n) is 6.51. The van der Waals surface area contributed by atoms with E-state index in [-0.39, 0.29) is 17.9 Å². The van der Waals surface area contributed by atoms with Crippen molar-refractivity contribution < 1.29 is 9.47 Å². The lowest BCUT2D eigenvalue weighted by molar-refractivity contribution is 0.130. The number of nitriles is 2. The van der Waals surface area contributed by atoms with Crippen LogP contribution in [-0.2, 0) is 0 Å². The highest BCUT2D eigenvalue weighted by atomic mass is 16.5. The summed E-state index contributed by atoms with van der Waals surface area (Å²) in [6, 6.07) is 32.5. The van der Waals surface area contributed by atoms with Gasteiger partial charge in [0.2, 0.25) is 6.71 Å². The normalized spacial score (nSPS) is 12.6. The number of ether oxygens (including phenoxy) is 2.